The van der Waals surface area contributed by atoms with E-state index in [0.717, 1.165) is 52.3 Å². The number of hydrogen-bond donors (Lipinski definition) is 2. The smallest absolute Gasteiger partial charge is 0.190 e. The molecule has 0 saturated carbocycles. The zero-order chi connectivity index (χ0) is 77.6. The van der Waals surface area contributed by atoms with Gasteiger partial charge in [-0.25, -0.2) is 23.7 Å². The van der Waals surface area contributed by atoms with Crippen molar-refractivity contribution in [3.8, 4) is 0 Å². The maximum Gasteiger partial charge on any atom is 0.190 e. The van der Waals surface area contributed by atoms with Crippen LogP contribution in [0.1, 0.15) is 235 Å². The van der Waals surface area contributed by atoms with Gasteiger partial charge >= 0.3 is 0 Å². The standard InChI is InChI=1S/C5H7N.C4H5N3.2C4H6N2.5C4H5NO.3C4H5NS.12C2H6/c1-5-2-3-6-4-5;1-4-5-2-3-6-7-4;2*1-4-2-3-5-6-4;1-4-2-5-3-6-4;1-4-2-5-6-3-4;1-4-5-2-3-6-4;1-4-2-3-6-5-4;1-4-2-3-5-6-4;1-4-2-5-6-3-4;1-4-2-3-6-5-4;1-4-2-3-5-6-4;12*1-2/h2,4H,3H2,1H3;2-3H,1H3;2*2-3H,1H3,(H,5,6);8*2-3H,1H3;12*1-2H3. The lowest BCUT2D eigenvalue weighted by atomic mass is 10.3. The molecule has 0 atom stereocenters. The highest BCUT2D eigenvalue weighted by atomic mass is 32.1. The van der Waals surface area contributed by atoms with Crippen LogP contribution in [0.5, 0.6) is 0 Å². The summed E-state index contributed by atoms with van der Waals surface area (Å²) in [6.07, 6.45) is 27.0. The van der Waals surface area contributed by atoms with Crippen LogP contribution in [-0.4, -0.2) is 86.9 Å². The van der Waals surface area contributed by atoms with Gasteiger partial charge in [-0.1, -0.05) is 188 Å². The Morgan fingerprint density at radius 3 is 1.16 bits per heavy atom. The molecule has 0 spiro atoms. The second-order valence-electron chi connectivity index (χ2n) is 14.2. The predicted molar refractivity (Wildman–Crippen MR) is 421 cm³/mol. The van der Waals surface area contributed by atoms with Crippen LogP contribution in [0.25, 0.3) is 0 Å². The molecule has 11 aromatic rings. The molecule has 0 aromatic carbocycles. The number of aliphatic imine (C=N–C) groups is 1. The first kappa shape index (κ1) is 116. The molecule has 0 unspecified atom stereocenters. The van der Waals surface area contributed by atoms with Crippen molar-refractivity contribution in [2.75, 3.05) is 6.54 Å². The summed E-state index contributed by atoms with van der Waals surface area (Å²) < 4.78 is 34.6. The summed E-state index contributed by atoms with van der Waals surface area (Å²) in [7, 11) is 0. The van der Waals surface area contributed by atoms with E-state index in [1.54, 1.807) is 101 Å². The highest BCUT2D eigenvalue weighted by Gasteiger charge is 1.86. The first-order valence-electron chi connectivity index (χ1n) is 33.8. The van der Waals surface area contributed by atoms with Crippen LogP contribution < -0.4 is 0 Å². The number of nitrogens with one attached hydrogen (secondary N) is 2. The molecular formula is C73H136N16O5S3. The fourth-order valence-corrected chi connectivity index (χ4v) is 5.08. The van der Waals surface area contributed by atoms with Crippen LogP contribution in [0.2, 0.25) is 0 Å². The van der Waals surface area contributed by atoms with Gasteiger partial charge in [0.1, 0.15) is 36.1 Å². The molecule has 12 rings (SSSR count). The van der Waals surface area contributed by atoms with Crippen molar-refractivity contribution in [1.29, 1.82) is 0 Å². The molecule has 97 heavy (non-hydrogen) atoms. The number of aryl methyl sites for hydroxylation is 11. The van der Waals surface area contributed by atoms with Crippen LogP contribution in [0, 0.1) is 76.2 Å². The number of aromatic amines is 2. The summed E-state index contributed by atoms with van der Waals surface area (Å²) in [4.78, 5) is 16.4. The highest BCUT2D eigenvalue weighted by Crippen LogP contribution is 1.99. The summed E-state index contributed by atoms with van der Waals surface area (Å²) in [5.41, 5.74) is 7.85. The van der Waals surface area contributed by atoms with Gasteiger partial charge in [-0.05, 0) is 146 Å². The van der Waals surface area contributed by atoms with Gasteiger partial charge in [-0.3, -0.25) is 15.2 Å². The van der Waals surface area contributed by atoms with Gasteiger partial charge in [-0.15, -0.1) is 5.10 Å². The minimum Gasteiger partial charge on any atom is -0.449 e. The van der Waals surface area contributed by atoms with E-state index in [2.05, 4.69) is 106 Å². The fraction of sp³-hybridized carbons (Fsp3) is 0.507. The Labute approximate surface area is 602 Å². The van der Waals surface area contributed by atoms with Gasteiger partial charge in [0.05, 0.1) is 48.9 Å². The van der Waals surface area contributed by atoms with Gasteiger partial charge in [0.2, 0.25) is 0 Å². The topological polar surface area (TPSA) is 277 Å². The van der Waals surface area contributed by atoms with Gasteiger partial charge in [-0.2, -0.15) is 19.7 Å². The lowest BCUT2D eigenvalue weighted by Crippen LogP contribution is -1.85. The van der Waals surface area contributed by atoms with E-state index < -0.39 is 0 Å². The monoisotopic (exact) mass is 1410 g/mol. The lowest BCUT2D eigenvalue weighted by molar-refractivity contribution is 0.397. The Kier molecular flexibility index (Phi) is 134. The van der Waals surface area contributed by atoms with E-state index >= 15 is 0 Å². The minimum absolute atomic E-state index is 0.711. The van der Waals surface area contributed by atoms with Crippen molar-refractivity contribution in [2.45, 2.75) is 249 Å². The van der Waals surface area contributed by atoms with E-state index in [4.69, 9.17) is 8.83 Å². The number of oxazole rings is 2. The molecule has 0 aliphatic carbocycles. The second-order valence-corrected chi connectivity index (χ2v) is 16.6. The van der Waals surface area contributed by atoms with Crippen molar-refractivity contribution in [1.82, 2.24) is 74.1 Å². The fourth-order valence-electron chi connectivity index (χ4n) is 3.60. The summed E-state index contributed by atoms with van der Waals surface area (Å²) in [5.74, 6) is 3.14. The molecule has 12 heterocycles. The molecule has 0 saturated heterocycles. The average molecular weight is 1410 g/mol. The number of aromatic nitrogens is 15. The Balaban J connectivity index is -0.0000000790. The van der Waals surface area contributed by atoms with Crippen molar-refractivity contribution < 1.29 is 22.4 Å². The number of rotatable bonds is 0. The van der Waals surface area contributed by atoms with Gasteiger partial charge in [0, 0.05) is 88.8 Å². The number of H-pyrrole nitrogens is 2. The van der Waals surface area contributed by atoms with Crippen molar-refractivity contribution in [3.05, 3.63) is 208 Å². The summed E-state index contributed by atoms with van der Waals surface area (Å²) in [6, 6.07) is 11.4. The van der Waals surface area contributed by atoms with E-state index in [1.807, 2.05) is 276 Å². The molecule has 0 fully saturated rings. The van der Waals surface area contributed by atoms with E-state index in [-0.39, 0.29) is 0 Å². The van der Waals surface area contributed by atoms with E-state index in [0.29, 0.717) is 5.82 Å². The largest absolute Gasteiger partial charge is 0.449 e. The third kappa shape index (κ3) is 110. The molecule has 0 amide bonds. The highest BCUT2D eigenvalue weighted by molar-refractivity contribution is 7.05. The number of allylic oxidation sites excluding steroid dienone is 1. The maximum absolute atomic E-state index is 4.72. The van der Waals surface area contributed by atoms with Crippen LogP contribution in [-0.2, 0) is 0 Å². The first-order chi connectivity index (χ1) is 47.2. The van der Waals surface area contributed by atoms with E-state index in [1.165, 1.54) is 57.0 Å². The lowest BCUT2D eigenvalue weighted by Gasteiger charge is -1.80. The van der Waals surface area contributed by atoms with Gasteiger partial charge in [0.25, 0.3) is 0 Å². The Morgan fingerprint density at radius 2 is 1.04 bits per heavy atom. The minimum atomic E-state index is 0.711. The molecule has 11 aromatic heterocycles. The van der Waals surface area contributed by atoms with Crippen LogP contribution in [0.15, 0.2) is 173 Å². The molecular weight excluding hydrogens is 1280 g/mol. The quantitative estimate of drug-likeness (QED) is 0.143. The van der Waals surface area contributed by atoms with Crippen LogP contribution >= 0.6 is 34.6 Å². The van der Waals surface area contributed by atoms with Crippen LogP contribution in [0.4, 0.5) is 0 Å². The van der Waals surface area contributed by atoms with Crippen molar-refractivity contribution >= 4 is 40.8 Å². The molecule has 1 aliphatic heterocycles. The Morgan fingerprint density at radius 1 is 0.464 bits per heavy atom. The van der Waals surface area contributed by atoms with E-state index in [9.17, 15) is 0 Å². The molecule has 556 valence electrons. The molecule has 0 bridgehead atoms. The predicted octanol–water partition coefficient (Wildman–Crippen LogP) is 24.2. The molecule has 1 aliphatic rings. The maximum atomic E-state index is 4.72. The van der Waals surface area contributed by atoms with Crippen molar-refractivity contribution in [2.24, 2.45) is 4.99 Å². The zero-order valence-electron chi connectivity index (χ0n) is 67.1. The SMILES string of the molecule is CC.CC.CC.CC.CC.CC.CC.CC.CC.CC.CC.CC.CC1=CCN=C1.Cc1ccn[nH]1.Cc1ccn[nH]1.Cc1ccno1.Cc1ccns1.Cc1ccon1.Cc1ccsn1.Cc1cnco1.Cc1cnoc1.Cc1cnsc1.Cc1nccnn1.Cc1ncco1. The molecule has 0 radical (unpaired) electrons. The average Bonchev–Trinajstić information content (AvgIpc) is 4.61. The van der Waals surface area contributed by atoms with Crippen LogP contribution in [0.3, 0.4) is 0 Å². The Hall–Kier alpha value is -8.22. The number of nitrogens with zero attached hydrogens (tertiary/aromatic N) is 14. The van der Waals surface area contributed by atoms with Crippen molar-refractivity contribution in [3.63, 3.8) is 0 Å². The Bertz CT molecular complexity index is 2220. The second kappa shape index (κ2) is 112. The van der Waals surface area contributed by atoms with Gasteiger partial charge < -0.3 is 22.4 Å². The normalized spacial score (nSPS) is 7.98. The molecule has 2 N–H and O–H groups in total. The summed E-state index contributed by atoms with van der Waals surface area (Å²) in [6.45, 7) is 72.0. The number of hydrogen-bond acceptors (Lipinski definition) is 22. The first-order valence-corrected chi connectivity index (χ1v) is 36.3. The summed E-state index contributed by atoms with van der Waals surface area (Å²) >= 11 is 4.51. The van der Waals surface area contributed by atoms with Gasteiger partial charge in [0.15, 0.2) is 12.3 Å². The summed E-state index contributed by atoms with van der Waals surface area (Å²) in [5, 5.41) is 34.5. The molecule has 21 nitrogen and oxygen atoms in total. The third-order valence-corrected chi connectivity index (χ3v) is 9.19. The third-order valence-electron chi connectivity index (χ3n) is 7.18. The zero-order valence-corrected chi connectivity index (χ0v) is 69.5. The molecule has 24 heteroatoms.